The number of aromatic nitrogens is 4. The second-order valence-electron chi connectivity index (χ2n) is 7.08. The normalized spacial score (nSPS) is 14.9. The maximum Gasteiger partial charge on any atom is 0.143 e. The summed E-state index contributed by atoms with van der Waals surface area (Å²) in [5.41, 5.74) is 4.58. The van der Waals surface area contributed by atoms with Gasteiger partial charge in [0.1, 0.15) is 29.3 Å². The molecule has 1 saturated heterocycles. The molecule has 2 N–H and O–H groups in total. The summed E-state index contributed by atoms with van der Waals surface area (Å²) < 4.78 is 11.1. The smallest absolute Gasteiger partial charge is 0.143 e. The monoisotopic (exact) mass is 378 g/mol. The number of hydrogen-bond donors (Lipinski definition) is 2. The summed E-state index contributed by atoms with van der Waals surface area (Å²) in [6.45, 7) is 7.60. The van der Waals surface area contributed by atoms with Crippen molar-refractivity contribution in [1.29, 1.82) is 0 Å². The molecule has 0 bridgehead atoms. The van der Waals surface area contributed by atoms with Crippen LogP contribution in [0.2, 0.25) is 0 Å². The van der Waals surface area contributed by atoms with E-state index in [4.69, 9.17) is 9.26 Å². The van der Waals surface area contributed by atoms with E-state index >= 15 is 0 Å². The predicted molar refractivity (Wildman–Crippen MR) is 108 cm³/mol. The Morgan fingerprint density at radius 2 is 1.96 bits per heavy atom. The molecule has 0 amide bonds. The molecule has 1 aliphatic rings. The van der Waals surface area contributed by atoms with Crippen molar-refractivity contribution in [2.75, 3.05) is 38.2 Å². The molecule has 0 aliphatic carbocycles. The maximum atomic E-state index is 5.74. The molecule has 4 aromatic rings. The van der Waals surface area contributed by atoms with Crippen molar-refractivity contribution in [3.63, 3.8) is 0 Å². The van der Waals surface area contributed by atoms with Crippen LogP contribution in [0.25, 0.3) is 33.1 Å². The number of benzene rings is 1. The van der Waals surface area contributed by atoms with E-state index in [0.29, 0.717) is 0 Å². The van der Waals surface area contributed by atoms with Gasteiger partial charge in [0.2, 0.25) is 0 Å². The van der Waals surface area contributed by atoms with Gasteiger partial charge in [-0.1, -0.05) is 5.16 Å². The number of hydrogen-bond acceptors (Lipinski definition) is 7. The van der Waals surface area contributed by atoms with Gasteiger partial charge in [0.15, 0.2) is 0 Å². The quantitative estimate of drug-likeness (QED) is 0.566. The second-order valence-corrected chi connectivity index (χ2v) is 7.08. The first kappa shape index (κ1) is 17.0. The fraction of sp³-hybridized carbons (Fsp3) is 0.350. The molecular weight excluding hydrogens is 356 g/mol. The van der Waals surface area contributed by atoms with Gasteiger partial charge in [-0.15, -0.1) is 0 Å². The van der Waals surface area contributed by atoms with Crippen LogP contribution in [0.3, 0.4) is 0 Å². The van der Waals surface area contributed by atoms with Crippen molar-refractivity contribution >= 4 is 27.8 Å². The first-order valence-corrected chi connectivity index (χ1v) is 9.40. The number of ether oxygens (including phenoxy) is 1. The Balaban J connectivity index is 1.77. The summed E-state index contributed by atoms with van der Waals surface area (Å²) >= 11 is 0. The number of aromatic amines is 1. The molecular formula is C20H22N6O2. The van der Waals surface area contributed by atoms with Crippen LogP contribution in [-0.2, 0) is 0 Å². The summed E-state index contributed by atoms with van der Waals surface area (Å²) in [5.74, 6) is 2.51. The molecule has 0 radical (unpaired) electrons. The zero-order valence-corrected chi connectivity index (χ0v) is 16.2. The van der Waals surface area contributed by atoms with Gasteiger partial charge >= 0.3 is 0 Å². The number of H-pyrrole nitrogens is 1. The van der Waals surface area contributed by atoms with Gasteiger partial charge in [0, 0.05) is 42.6 Å². The molecule has 144 valence electrons. The van der Waals surface area contributed by atoms with E-state index in [1.54, 1.807) is 13.4 Å². The summed E-state index contributed by atoms with van der Waals surface area (Å²) in [6, 6.07) is 4.15. The van der Waals surface area contributed by atoms with Crippen LogP contribution in [0.5, 0.6) is 5.75 Å². The zero-order valence-electron chi connectivity index (χ0n) is 16.2. The van der Waals surface area contributed by atoms with Gasteiger partial charge in [0.05, 0.1) is 23.8 Å². The molecule has 8 nitrogen and oxygen atoms in total. The van der Waals surface area contributed by atoms with Crippen molar-refractivity contribution in [3.05, 3.63) is 29.9 Å². The van der Waals surface area contributed by atoms with Crippen molar-refractivity contribution in [2.24, 2.45) is 0 Å². The Labute approximate surface area is 161 Å². The molecule has 0 spiro atoms. The lowest BCUT2D eigenvalue weighted by atomic mass is 10.0. The standard InChI is InChI=1S/C20H22N6O2/c1-11-17(12(2)28-25-11)14-8-15-13(9-16(14)27-3)18-19(24-15)22-10-23-20(18)26-6-4-21-5-7-26/h8-10,21H,4-7H2,1-3H3,(H,22,23,24). The molecule has 0 atom stereocenters. The van der Waals surface area contributed by atoms with Crippen molar-refractivity contribution in [2.45, 2.75) is 13.8 Å². The van der Waals surface area contributed by atoms with E-state index in [9.17, 15) is 0 Å². The molecule has 5 rings (SSSR count). The molecule has 8 heteroatoms. The van der Waals surface area contributed by atoms with Crippen LogP contribution in [0.1, 0.15) is 11.5 Å². The second kappa shape index (κ2) is 6.49. The summed E-state index contributed by atoms with van der Waals surface area (Å²) in [7, 11) is 1.69. The van der Waals surface area contributed by atoms with E-state index in [0.717, 1.165) is 82.3 Å². The van der Waals surface area contributed by atoms with Gasteiger partial charge < -0.3 is 24.5 Å². The minimum Gasteiger partial charge on any atom is -0.496 e. The van der Waals surface area contributed by atoms with Crippen molar-refractivity contribution < 1.29 is 9.26 Å². The highest BCUT2D eigenvalue weighted by molar-refractivity contribution is 6.12. The zero-order chi connectivity index (χ0) is 19.3. The minimum atomic E-state index is 0.771. The van der Waals surface area contributed by atoms with Crippen molar-refractivity contribution in [3.8, 4) is 16.9 Å². The van der Waals surface area contributed by atoms with Crippen LogP contribution >= 0.6 is 0 Å². The number of anilines is 1. The third-order valence-corrected chi connectivity index (χ3v) is 5.41. The van der Waals surface area contributed by atoms with Crippen LogP contribution < -0.4 is 15.0 Å². The third kappa shape index (κ3) is 2.52. The Morgan fingerprint density at radius 3 is 2.68 bits per heavy atom. The Bertz CT molecular complexity index is 1150. The summed E-state index contributed by atoms with van der Waals surface area (Å²) in [4.78, 5) is 14.8. The topological polar surface area (TPSA) is 92.1 Å². The lowest BCUT2D eigenvalue weighted by Gasteiger charge is -2.28. The number of nitrogens with one attached hydrogen (secondary N) is 2. The molecule has 1 aliphatic heterocycles. The Hall–Kier alpha value is -3.13. The van der Waals surface area contributed by atoms with Gasteiger partial charge in [-0.2, -0.15) is 0 Å². The molecule has 0 saturated carbocycles. The Morgan fingerprint density at radius 1 is 1.14 bits per heavy atom. The SMILES string of the molecule is COc1cc2c(cc1-c1c(C)noc1C)[nH]c1ncnc(N3CCNCC3)c12. The van der Waals surface area contributed by atoms with Crippen LogP contribution in [0, 0.1) is 13.8 Å². The van der Waals surface area contributed by atoms with E-state index in [1.165, 1.54) is 0 Å². The molecule has 28 heavy (non-hydrogen) atoms. The number of rotatable bonds is 3. The van der Waals surface area contributed by atoms with E-state index in [-0.39, 0.29) is 0 Å². The lowest BCUT2D eigenvalue weighted by Crippen LogP contribution is -2.44. The number of nitrogens with zero attached hydrogens (tertiary/aromatic N) is 4. The fourth-order valence-electron chi connectivity index (χ4n) is 4.08. The molecule has 1 aromatic carbocycles. The van der Waals surface area contributed by atoms with Crippen molar-refractivity contribution in [1.82, 2.24) is 25.4 Å². The van der Waals surface area contributed by atoms with E-state index in [1.807, 2.05) is 13.8 Å². The molecule has 0 unspecified atom stereocenters. The highest BCUT2D eigenvalue weighted by Gasteiger charge is 2.22. The number of methoxy groups -OCH3 is 1. The average Bonchev–Trinajstić information content (AvgIpc) is 3.26. The maximum absolute atomic E-state index is 5.74. The molecule has 3 aromatic heterocycles. The minimum absolute atomic E-state index is 0.771. The highest BCUT2D eigenvalue weighted by Crippen LogP contribution is 2.40. The van der Waals surface area contributed by atoms with Gasteiger partial charge in [-0.3, -0.25) is 0 Å². The molecule has 1 fully saturated rings. The Kier molecular flexibility index (Phi) is 3.94. The van der Waals surface area contributed by atoms with Crippen LogP contribution in [0.4, 0.5) is 5.82 Å². The number of fused-ring (bicyclic) bond motifs is 3. The summed E-state index contributed by atoms with van der Waals surface area (Å²) in [5, 5.41) is 9.56. The van der Waals surface area contributed by atoms with Gasteiger partial charge in [-0.05, 0) is 26.0 Å². The number of aryl methyl sites for hydroxylation is 2. The number of piperazine rings is 1. The van der Waals surface area contributed by atoms with E-state index < -0.39 is 0 Å². The first-order chi connectivity index (χ1) is 13.7. The lowest BCUT2D eigenvalue weighted by molar-refractivity contribution is 0.393. The summed E-state index contributed by atoms with van der Waals surface area (Å²) in [6.07, 6.45) is 1.63. The van der Waals surface area contributed by atoms with Gasteiger partial charge in [0.25, 0.3) is 0 Å². The fourth-order valence-corrected chi connectivity index (χ4v) is 4.08. The highest BCUT2D eigenvalue weighted by atomic mass is 16.5. The predicted octanol–water partition coefficient (Wildman–Crippen LogP) is 2.80. The third-order valence-electron chi connectivity index (χ3n) is 5.41. The largest absolute Gasteiger partial charge is 0.496 e. The average molecular weight is 378 g/mol. The molecule has 4 heterocycles. The van der Waals surface area contributed by atoms with Crippen LogP contribution in [0.15, 0.2) is 23.0 Å². The van der Waals surface area contributed by atoms with Crippen LogP contribution in [-0.4, -0.2) is 53.4 Å². The van der Waals surface area contributed by atoms with E-state index in [2.05, 4.69) is 42.5 Å². The first-order valence-electron chi connectivity index (χ1n) is 9.40. The van der Waals surface area contributed by atoms with Gasteiger partial charge in [-0.25, -0.2) is 9.97 Å².